The minimum atomic E-state index is 0.861. The maximum absolute atomic E-state index is 2.36. The van der Waals surface area contributed by atoms with Crippen molar-refractivity contribution in [1.29, 1.82) is 0 Å². The van der Waals surface area contributed by atoms with Gasteiger partial charge in [-0.15, -0.1) is 0 Å². The van der Waals surface area contributed by atoms with Gasteiger partial charge in [0.15, 0.2) is 0 Å². The number of hydrogen-bond acceptors (Lipinski definition) is 0. The largest absolute Gasteiger partial charge is 0.0761 e. The Morgan fingerprint density at radius 3 is 2.62 bits per heavy atom. The van der Waals surface area contributed by atoms with Crippen molar-refractivity contribution >= 4 is 0 Å². The highest BCUT2D eigenvalue weighted by molar-refractivity contribution is 5.46. The molecule has 0 aliphatic heterocycles. The molecule has 2 rings (SSSR count). The van der Waals surface area contributed by atoms with E-state index in [-0.39, 0.29) is 0 Å². The molecule has 0 radical (unpaired) electrons. The summed E-state index contributed by atoms with van der Waals surface area (Å²) in [6, 6.07) is 0. The van der Waals surface area contributed by atoms with Gasteiger partial charge in [-0.2, -0.15) is 0 Å². The average molecular weight is 174 g/mol. The van der Waals surface area contributed by atoms with Gasteiger partial charge in [0, 0.05) is 0 Å². The molecule has 70 valence electrons. The molecule has 1 saturated carbocycles. The molecular weight excluding hydrogens is 156 g/mol. The summed E-state index contributed by atoms with van der Waals surface area (Å²) in [5.41, 5.74) is 6.09. The molecule has 0 bridgehead atoms. The second-order valence-electron chi connectivity index (χ2n) is 4.70. The van der Waals surface area contributed by atoms with Crippen LogP contribution in [-0.4, -0.2) is 0 Å². The molecule has 2 aliphatic rings. The Kier molecular flexibility index (Phi) is 1.94. The van der Waals surface area contributed by atoms with Gasteiger partial charge in [-0.3, -0.25) is 0 Å². The SMILES string of the molecule is CC(C)=CC1=C(C)C=C(C)C2CC12. The van der Waals surface area contributed by atoms with Crippen molar-refractivity contribution in [1.82, 2.24) is 0 Å². The summed E-state index contributed by atoms with van der Waals surface area (Å²) in [4.78, 5) is 0. The van der Waals surface area contributed by atoms with Crippen LogP contribution in [-0.2, 0) is 0 Å². The van der Waals surface area contributed by atoms with Crippen molar-refractivity contribution in [3.8, 4) is 0 Å². The van der Waals surface area contributed by atoms with Gasteiger partial charge in [-0.1, -0.05) is 23.3 Å². The first-order valence-corrected chi connectivity index (χ1v) is 5.13. The van der Waals surface area contributed by atoms with Crippen LogP contribution in [0.1, 0.15) is 34.1 Å². The zero-order valence-corrected chi connectivity index (χ0v) is 9.02. The molecule has 2 unspecified atom stereocenters. The highest BCUT2D eigenvalue weighted by atomic mass is 14.5. The third-order valence-corrected chi connectivity index (χ3v) is 3.12. The fraction of sp³-hybridized carbons (Fsp3) is 0.538. The van der Waals surface area contributed by atoms with Crippen LogP contribution in [0.4, 0.5) is 0 Å². The molecule has 0 nitrogen and oxygen atoms in total. The van der Waals surface area contributed by atoms with E-state index < -0.39 is 0 Å². The highest BCUT2D eigenvalue weighted by Gasteiger charge is 2.42. The lowest BCUT2D eigenvalue weighted by Gasteiger charge is -2.13. The first-order valence-electron chi connectivity index (χ1n) is 5.13. The average Bonchev–Trinajstić information content (AvgIpc) is 2.76. The molecule has 0 saturated heterocycles. The van der Waals surface area contributed by atoms with E-state index in [1.54, 1.807) is 11.1 Å². The van der Waals surface area contributed by atoms with Crippen molar-refractivity contribution in [2.75, 3.05) is 0 Å². The zero-order chi connectivity index (χ0) is 9.59. The Hall–Kier alpha value is -0.780. The van der Waals surface area contributed by atoms with Crippen LogP contribution in [0.25, 0.3) is 0 Å². The van der Waals surface area contributed by atoms with E-state index in [9.17, 15) is 0 Å². The summed E-state index contributed by atoms with van der Waals surface area (Å²) in [5.74, 6) is 1.74. The lowest BCUT2D eigenvalue weighted by atomic mass is 9.93. The predicted molar refractivity (Wildman–Crippen MR) is 57.5 cm³/mol. The molecule has 0 aromatic rings. The van der Waals surface area contributed by atoms with Crippen molar-refractivity contribution in [3.05, 3.63) is 34.4 Å². The van der Waals surface area contributed by atoms with Crippen LogP contribution in [0.15, 0.2) is 34.4 Å². The summed E-state index contributed by atoms with van der Waals surface area (Å²) in [6.45, 7) is 8.88. The zero-order valence-electron chi connectivity index (χ0n) is 9.02. The smallest absolute Gasteiger partial charge is 0.00876 e. The molecular formula is C13H18. The van der Waals surface area contributed by atoms with Gasteiger partial charge >= 0.3 is 0 Å². The molecule has 1 fully saturated rings. The third kappa shape index (κ3) is 1.50. The summed E-state index contributed by atoms with van der Waals surface area (Å²) in [5, 5.41) is 0. The standard InChI is InChI=1S/C13H18/c1-8(2)5-11-9(3)6-10(4)12-7-13(11)12/h5-6,12-13H,7H2,1-4H3. The topological polar surface area (TPSA) is 0 Å². The van der Waals surface area contributed by atoms with Gasteiger partial charge in [0.05, 0.1) is 0 Å². The molecule has 0 N–H and O–H groups in total. The van der Waals surface area contributed by atoms with E-state index >= 15 is 0 Å². The molecule has 0 spiro atoms. The number of rotatable bonds is 1. The quantitative estimate of drug-likeness (QED) is 0.566. The van der Waals surface area contributed by atoms with Crippen LogP contribution in [0.3, 0.4) is 0 Å². The highest BCUT2D eigenvalue weighted by Crippen LogP contribution is 2.53. The summed E-state index contributed by atoms with van der Waals surface area (Å²) < 4.78 is 0. The minimum Gasteiger partial charge on any atom is -0.0761 e. The summed E-state index contributed by atoms with van der Waals surface area (Å²) in [6.07, 6.45) is 6.12. The van der Waals surface area contributed by atoms with Crippen LogP contribution in [0, 0.1) is 11.8 Å². The van der Waals surface area contributed by atoms with Crippen molar-refractivity contribution in [2.45, 2.75) is 34.1 Å². The van der Waals surface area contributed by atoms with E-state index in [4.69, 9.17) is 0 Å². The lowest BCUT2D eigenvalue weighted by Crippen LogP contribution is -1.98. The Labute approximate surface area is 81.0 Å². The van der Waals surface area contributed by atoms with Gasteiger partial charge in [-0.05, 0) is 57.1 Å². The molecule has 0 amide bonds. The monoisotopic (exact) mass is 174 g/mol. The van der Waals surface area contributed by atoms with Gasteiger partial charge in [0.25, 0.3) is 0 Å². The van der Waals surface area contributed by atoms with Crippen LogP contribution in [0.5, 0.6) is 0 Å². The van der Waals surface area contributed by atoms with E-state index in [1.807, 2.05) is 0 Å². The van der Waals surface area contributed by atoms with Crippen molar-refractivity contribution in [2.24, 2.45) is 11.8 Å². The van der Waals surface area contributed by atoms with Crippen LogP contribution in [0.2, 0.25) is 0 Å². The summed E-state index contributed by atoms with van der Waals surface area (Å²) >= 11 is 0. The van der Waals surface area contributed by atoms with E-state index in [1.165, 1.54) is 17.6 Å². The van der Waals surface area contributed by atoms with Crippen LogP contribution >= 0.6 is 0 Å². The second-order valence-corrected chi connectivity index (χ2v) is 4.70. The minimum absolute atomic E-state index is 0.861. The third-order valence-electron chi connectivity index (χ3n) is 3.12. The first kappa shape index (κ1) is 8.80. The summed E-state index contributed by atoms with van der Waals surface area (Å²) in [7, 11) is 0. The van der Waals surface area contributed by atoms with Gasteiger partial charge in [0.2, 0.25) is 0 Å². The molecule has 0 heterocycles. The fourth-order valence-electron chi connectivity index (χ4n) is 2.40. The van der Waals surface area contributed by atoms with Crippen molar-refractivity contribution in [3.63, 3.8) is 0 Å². The number of hydrogen-bond donors (Lipinski definition) is 0. The second kappa shape index (κ2) is 2.87. The normalized spacial score (nSPS) is 30.9. The van der Waals surface area contributed by atoms with E-state index in [0.717, 1.165) is 11.8 Å². The van der Waals surface area contributed by atoms with Crippen LogP contribution < -0.4 is 0 Å². The Bertz CT molecular complexity index is 322. The van der Waals surface area contributed by atoms with Crippen molar-refractivity contribution < 1.29 is 0 Å². The predicted octanol–water partition coefficient (Wildman–Crippen LogP) is 3.87. The number of allylic oxidation sites excluding steroid dienone is 6. The lowest BCUT2D eigenvalue weighted by molar-refractivity contribution is 0.862. The molecule has 0 aromatic carbocycles. The maximum atomic E-state index is 2.36. The fourth-order valence-corrected chi connectivity index (χ4v) is 2.40. The maximum Gasteiger partial charge on any atom is -0.00876 e. The Morgan fingerprint density at radius 1 is 1.31 bits per heavy atom. The number of fused-ring (bicyclic) bond motifs is 1. The van der Waals surface area contributed by atoms with E-state index in [0.29, 0.717) is 0 Å². The first-order chi connectivity index (χ1) is 6.09. The molecule has 0 aromatic heterocycles. The Morgan fingerprint density at radius 2 is 2.00 bits per heavy atom. The molecule has 2 aliphatic carbocycles. The molecule has 13 heavy (non-hydrogen) atoms. The van der Waals surface area contributed by atoms with Gasteiger partial charge in [0.1, 0.15) is 0 Å². The van der Waals surface area contributed by atoms with Gasteiger partial charge in [-0.25, -0.2) is 0 Å². The molecule has 0 heteroatoms. The van der Waals surface area contributed by atoms with Gasteiger partial charge < -0.3 is 0 Å². The molecule has 2 atom stereocenters. The Balaban J connectivity index is 2.36. The van der Waals surface area contributed by atoms with E-state index in [2.05, 4.69) is 39.8 Å².